The maximum Gasteiger partial charge on any atom is 0.241 e. The van der Waals surface area contributed by atoms with Crippen LogP contribution in [0.25, 0.3) is 10.9 Å². The quantitative estimate of drug-likeness (QED) is 0.342. The van der Waals surface area contributed by atoms with Crippen LogP contribution in [0.2, 0.25) is 0 Å². The van der Waals surface area contributed by atoms with E-state index in [9.17, 15) is 9.59 Å². The minimum Gasteiger partial charge on any atom is -0.368 e. The summed E-state index contributed by atoms with van der Waals surface area (Å²) in [5, 5.41) is 4.38. The maximum atomic E-state index is 13.6. The third-order valence-electron chi connectivity index (χ3n) is 8.04. The number of aromatic amines is 1. The van der Waals surface area contributed by atoms with Crippen LogP contribution in [0.5, 0.6) is 0 Å². The third-order valence-corrected chi connectivity index (χ3v) is 8.04. The highest BCUT2D eigenvalue weighted by molar-refractivity contribution is 5.99. The van der Waals surface area contributed by atoms with E-state index in [1.807, 2.05) is 41.4 Å². The lowest BCUT2D eigenvalue weighted by Crippen LogP contribution is -2.55. The number of nitrogens with zero attached hydrogens (tertiary/aromatic N) is 3. The highest BCUT2D eigenvalue weighted by atomic mass is 16.2. The van der Waals surface area contributed by atoms with Gasteiger partial charge in [0.1, 0.15) is 0 Å². The predicted molar refractivity (Wildman–Crippen MR) is 157 cm³/mol. The number of aromatic nitrogens is 1. The molecule has 4 aromatic rings. The van der Waals surface area contributed by atoms with Crippen LogP contribution in [0.15, 0.2) is 85.1 Å². The Kier molecular flexibility index (Phi) is 7.43. The van der Waals surface area contributed by atoms with Crippen molar-refractivity contribution in [2.24, 2.45) is 0 Å². The van der Waals surface area contributed by atoms with Gasteiger partial charge in [0.2, 0.25) is 5.91 Å². The monoisotopic (exact) mass is 521 g/mol. The van der Waals surface area contributed by atoms with Crippen molar-refractivity contribution in [2.45, 2.75) is 18.9 Å². The van der Waals surface area contributed by atoms with Crippen molar-refractivity contribution in [3.8, 4) is 0 Å². The van der Waals surface area contributed by atoms with Gasteiger partial charge in [-0.15, -0.1) is 0 Å². The van der Waals surface area contributed by atoms with E-state index in [0.717, 1.165) is 51.3 Å². The van der Waals surface area contributed by atoms with Gasteiger partial charge >= 0.3 is 0 Å². The minimum absolute atomic E-state index is 0.00723. The molecule has 0 aliphatic carbocycles. The summed E-state index contributed by atoms with van der Waals surface area (Å²) in [6.07, 6.45) is 3.91. The second-order valence-electron chi connectivity index (χ2n) is 10.5. The smallest absolute Gasteiger partial charge is 0.241 e. The van der Waals surface area contributed by atoms with Gasteiger partial charge in [-0.25, -0.2) is 0 Å². The maximum absolute atomic E-state index is 13.6. The number of para-hydroxylation sites is 1. The molecule has 0 radical (unpaired) electrons. The van der Waals surface area contributed by atoms with E-state index >= 15 is 0 Å². The van der Waals surface area contributed by atoms with Gasteiger partial charge in [0.15, 0.2) is 5.78 Å². The predicted octanol–water partition coefficient (Wildman–Crippen LogP) is 4.11. The van der Waals surface area contributed by atoms with E-state index in [-0.39, 0.29) is 30.8 Å². The second kappa shape index (κ2) is 11.4. The number of anilines is 2. The zero-order valence-corrected chi connectivity index (χ0v) is 22.2. The number of hydrogen-bond donors (Lipinski definition) is 2. The highest BCUT2D eigenvalue weighted by Crippen LogP contribution is 2.32. The van der Waals surface area contributed by atoms with Gasteiger partial charge in [0, 0.05) is 72.8 Å². The fourth-order valence-corrected chi connectivity index (χ4v) is 6.02. The SMILES string of the molecule is O=C(CNCC(=O)N1c2ccccc2CCC1CN1CCN(c2cccc3[nH]ccc23)CC1)c1ccccc1. The average Bonchev–Trinajstić information content (AvgIpc) is 3.47. The summed E-state index contributed by atoms with van der Waals surface area (Å²) in [4.78, 5) is 36.4. The second-order valence-corrected chi connectivity index (χ2v) is 10.5. The number of ketones is 1. The van der Waals surface area contributed by atoms with Gasteiger partial charge in [0.25, 0.3) is 0 Å². The fraction of sp³-hybridized carbons (Fsp3) is 0.312. The van der Waals surface area contributed by atoms with Gasteiger partial charge in [-0.3, -0.25) is 14.5 Å². The number of hydrogen-bond acceptors (Lipinski definition) is 5. The van der Waals surface area contributed by atoms with Crippen LogP contribution < -0.4 is 15.1 Å². The Morgan fingerprint density at radius 1 is 0.821 bits per heavy atom. The van der Waals surface area contributed by atoms with E-state index in [4.69, 9.17) is 0 Å². The summed E-state index contributed by atoms with van der Waals surface area (Å²) in [6, 6.07) is 26.2. The number of benzene rings is 3. The van der Waals surface area contributed by atoms with Crippen LogP contribution in [-0.2, 0) is 11.2 Å². The topological polar surface area (TPSA) is 71.7 Å². The first-order valence-electron chi connectivity index (χ1n) is 13.9. The van der Waals surface area contributed by atoms with Crippen LogP contribution in [0.3, 0.4) is 0 Å². The van der Waals surface area contributed by atoms with E-state index in [1.54, 1.807) is 12.1 Å². The number of H-pyrrole nitrogens is 1. The van der Waals surface area contributed by atoms with E-state index in [1.165, 1.54) is 22.2 Å². The molecule has 0 saturated carbocycles. The molecule has 0 spiro atoms. The molecule has 1 atom stereocenters. The first-order chi connectivity index (χ1) is 19.2. The molecule has 2 N–H and O–H groups in total. The lowest BCUT2D eigenvalue weighted by molar-refractivity contribution is -0.118. The molecule has 39 heavy (non-hydrogen) atoms. The van der Waals surface area contributed by atoms with Crippen molar-refractivity contribution in [1.29, 1.82) is 0 Å². The van der Waals surface area contributed by atoms with Crippen LogP contribution in [0, 0.1) is 0 Å². The van der Waals surface area contributed by atoms with Gasteiger partial charge in [0.05, 0.1) is 13.1 Å². The largest absolute Gasteiger partial charge is 0.368 e. The molecule has 1 saturated heterocycles. The Bertz CT molecular complexity index is 1440. The number of nitrogens with one attached hydrogen (secondary N) is 2. The number of rotatable bonds is 8. The molecule has 6 rings (SSSR count). The van der Waals surface area contributed by atoms with E-state index in [2.05, 4.69) is 56.5 Å². The molecular formula is C32H35N5O2. The van der Waals surface area contributed by atoms with Gasteiger partial charge in [-0.05, 0) is 42.7 Å². The van der Waals surface area contributed by atoms with Gasteiger partial charge in [-0.1, -0.05) is 54.6 Å². The number of carbonyl (C=O) groups excluding carboxylic acids is 2. The van der Waals surface area contributed by atoms with Crippen molar-refractivity contribution in [3.63, 3.8) is 0 Å². The van der Waals surface area contributed by atoms with Crippen molar-refractivity contribution >= 4 is 34.0 Å². The molecule has 3 heterocycles. The lowest BCUT2D eigenvalue weighted by Gasteiger charge is -2.42. The Morgan fingerprint density at radius 2 is 1.59 bits per heavy atom. The Balaban J connectivity index is 1.10. The Hall–Kier alpha value is -3.94. The third kappa shape index (κ3) is 5.46. The fourth-order valence-electron chi connectivity index (χ4n) is 6.02. The highest BCUT2D eigenvalue weighted by Gasteiger charge is 2.32. The number of aryl methyl sites for hydroxylation is 1. The number of piperazine rings is 1. The molecule has 1 fully saturated rings. The summed E-state index contributed by atoms with van der Waals surface area (Å²) in [7, 11) is 0. The van der Waals surface area contributed by atoms with Crippen molar-refractivity contribution in [2.75, 3.05) is 55.6 Å². The van der Waals surface area contributed by atoms with Crippen LogP contribution in [-0.4, -0.2) is 73.4 Å². The zero-order valence-electron chi connectivity index (χ0n) is 22.2. The van der Waals surface area contributed by atoms with E-state index in [0.29, 0.717) is 5.56 Å². The number of amides is 1. The van der Waals surface area contributed by atoms with Crippen molar-refractivity contribution < 1.29 is 9.59 Å². The van der Waals surface area contributed by atoms with Crippen molar-refractivity contribution in [1.82, 2.24) is 15.2 Å². The van der Waals surface area contributed by atoms with Crippen molar-refractivity contribution in [3.05, 3.63) is 96.2 Å². The summed E-state index contributed by atoms with van der Waals surface area (Å²) in [6.45, 7) is 4.99. The molecule has 1 unspecified atom stereocenters. The summed E-state index contributed by atoms with van der Waals surface area (Å²) in [5.41, 5.74) is 5.34. The molecule has 1 aromatic heterocycles. The summed E-state index contributed by atoms with van der Waals surface area (Å²) >= 11 is 0. The molecule has 2 aliphatic heterocycles. The molecule has 7 heteroatoms. The standard InChI is InChI=1S/C32H35N5O2/c38-31(25-8-2-1-3-9-25)21-33-22-32(39)37-26(14-13-24-7-4-5-11-29(24)37)23-35-17-19-36(20-18-35)30-12-6-10-28-27(30)15-16-34-28/h1-12,15-16,26,33-34H,13-14,17-23H2. The molecule has 0 bridgehead atoms. The molecule has 2 aliphatic rings. The summed E-state index contributed by atoms with van der Waals surface area (Å²) < 4.78 is 0. The molecule has 7 nitrogen and oxygen atoms in total. The normalized spacial score (nSPS) is 17.8. The lowest BCUT2D eigenvalue weighted by atomic mass is 9.95. The van der Waals surface area contributed by atoms with Gasteiger partial charge < -0.3 is 20.1 Å². The Labute approximate surface area is 229 Å². The molecule has 1 amide bonds. The first-order valence-corrected chi connectivity index (χ1v) is 13.9. The first kappa shape index (κ1) is 25.3. The summed E-state index contributed by atoms with van der Waals surface area (Å²) in [5.74, 6) is 0.0120. The molecule has 200 valence electrons. The minimum atomic E-state index is -0.00723. The van der Waals surface area contributed by atoms with E-state index < -0.39 is 0 Å². The molecular weight excluding hydrogens is 486 g/mol. The molecule has 3 aromatic carbocycles. The number of fused-ring (bicyclic) bond motifs is 2. The van der Waals surface area contributed by atoms with Gasteiger partial charge in [-0.2, -0.15) is 0 Å². The van der Waals surface area contributed by atoms with Crippen LogP contribution in [0.1, 0.15) is 22.3 Å². The van der Waals surface area contributed by atoms with Crippen LogP contribution >= 0.6 is 0 Å². The number of carbonyl (C=O) groups is 2. The van der Waals surface area contributed by atoms with Crippen LogP contribution in [0.4, 0.5) is 11.4 Å². The Morgan fingerprint density at radius 3 is 2.44 bits per heavy atom. The number of Topliss-reactive ketones (excluding diaryl/α,β-unsaturated/α-hetero) is 1. The average molecular weight is 522 g/mol. The zero-order chi connectivity index (χ0) is 26.6.